The van der Waals surface area contributed by atoms with Crippen molar-refractivity contribution in [2.75, 3.05) is 20.1 Å². The van der Waals surface area contributed by atoms with E-state index in [0.717, 1.165) is 57.5 Å². The zero-order chi connectivity index (χ0) is 13.1. The summed E-state index contributed by atoms with van der Waals surface area (Å²) in [5.41, 5.74) is 5.92. The molecule has 2 fully saturated rings. The van der Waals surface area contributed by atoms with Crippen molar-refractivity contribution in [2.24, 2.45) is 11.7 Å². The molecule has 0 spiro atoms. The van der Waals surface area contributed by atoms with Gasteiger partial charge in [0.15, 0.2) is 0 Å². The highest BCUT2D eigenvalue weighted by Crippen LogP contribution is 2.23. The lowest BCUT2D eigenvalue weighted by Crippen LogP contribution is -2.50. The summed E-state index contributed by atoms with van der Waals surface area (Å²) in [5, 5.41) is 0. The van der Waals surface area contributed by atoms with Crippen molar-refractivity contribution in [1.82, 2.24) is 9.80 Å². The number of carbonyl (C=O) groups excluding carboxylic acids is 1. The van der Waals surface area contributed by atoms with E-state index in [-0.39, 0.29) is 6.03 Å². The topological polar surface area (TPSA) is 49.6 Å². The van der Waals surface area contributed by atoms with Crippen LogP contribution in [0.5, 0.6) is 0 Å². The quantitative estimate of drug-likeness (QED) is 0.777. The van der Waals surface area contributed by atoms with Gasteiger partial charge in [0.1, 0.15) is 0 Å². The minimum Gasteiger partial charge on any atom is -0.328 e. The zero-order valence-electron chi connectivity index (χ0n) is 11.8. The smallest absolute Gasteiger partial charge is 0.319 e. The third kappa shape index (κ3) is 3.16. The van der Waals surface area contributed by atoms with Crippen molar-refractivity contribution in [1.29, 1.82) is 0 Å². The molecule has 0 aromatic rings. The maximum absolute atomic E-state index is 12.4. The van der Waals surface area contributed by atoms with E-state index < -0.39 is 0 Å². The molecule has 4 nitrogen and oxygen atoms in total. The fourth-order valence-electron chi connectivity index (χ4n) is 3.07. The van der Waals surface area contributed by atoms with E-state index >= 15 is 0 Å². The lowest BCUT2D eigenvalue weighted by molar-refractivity contribution is 0.118. The average molecular weight is 253 g/mol. The molecule has 1 saturated carbocycles. The number of nitrogens with two attached hydrogens (primary N) is 1. The van der Waals surface area contributed by atoms with Crippen LogP contribution in [0.15, 0.2) is 0 Å². The highest BCUT2D eigenvalue weighted by atomic mass is 16.2. The highest BCUT2D eigenvalue weighted by Gasteiger charge is 2.29. The van der Waals surface area contributed by atoms with Gasteiger partial charge in [-0.05, 0) is 44.4 Å². The lowest BCUT2D eigenvalue weighted by atomic mass is 9.91. The molecule has 2 N–H and O–H groups in total. The predicted molar refractivity (Wildman–Crippen MR) is 73.4 cm³/mol. The first-order valence-electron chi connectivity index (χ1n) is 7.35. The summed E-state index contributed by atoms with van der Waals surface area (Å²) in [4.78, 5) is 16.4. The van der Waals surface area contributed by atoms with Gasteiger partial charge >= 0.3 is 6.03 Å². The molecule has 1 aliphatic carbocycles. The number of amides is 2. The van der Waals surface area contributed by atoms with Crippen LogP contribution < -0.4 is 5.73 Å². The Balaban J connectivity index is 1.84. The average Bonchev–Trinajstić information content (AvgIpc) is 2.39. The summed E-state index contributed by atoms with van der Waals surface area (Å²) < 4.78 is 0. The van der Waals surface area contributed by atoms with Crippen molar-refractivity contribution in [3.8, 4) is 0 Å². The Morgan fingerprint density at radius 3 is 2.22 bits per heavy atom. The third-order valence-corrected chi connectivity index (χ3v) is 4.64. The molecule has 4 heteroatoms. The molecule has 0 unspecified atom stereocenters. The van der Waals surface area contributed by atoms with Gasteiger partial charge in [-0.3, -0.25) is 0 Å². The fraction of sp³-hybridized carbons (Fsp3) is 0.929. The molecule has 0 aromatic carbocycles. The van der Waals surface area contributed by atoms with Gasteiger partial charge < -0.3 is 15.5 Å². The SMILES string of the molecule is CC1CCN(C(=O)N(C)C2CCC(N)CC2)CC1. The molecule has 1 saturated heterocycles. The normalized spacial score (nSPS) is 30.3. The Kier molecular flexibility index (Phi) is 4.49. The van der Waals surface area contributed by atoms with Crippen LogP contribution in [0.3, 0.4) is 0 Å². The first-order valence-corrected chi connectivity index (χ1v) is 7.35. The van der Waals surface area contributed by atoms with Crippen LogP contribution in [-0.2, 0) is 0 Å². The molecule has 104 valence electrons. The van der Waals surface area contributed by atoms with Gasteiger partial charge in [0.05, 0.1) is 0 Å². The Hall–Kier alpha value is -0.770. The number of piperidine rings is 1. The summed E-state index contributed by atoms with van der Waals surface area (Å²) in [6.45, 7) is 4.13. The number of carbonyl (C=O) groups is 1. The van der Waals surface area contributed by atoms with Gasteiger partial charge in [0.25, 0.3) is 0 Å². The molecule has 2 amide bonds. The second-order valence-electron chi connectivity index (χ2n) is 6.13. The monoisotopic (exact) mass is 253 g/mol. The number of likely N-dealkylation sites (tertiary alicyclic amines) is 1. The lowest BCUT2D eigenvalue weighted by Gasteiger charge is -2.38. The molecule has 18 heavy (non-hydrogen) atoms. The van der Waals surface area contributed by atoms with E-state index in [1.807, 2.05) is 16.8 Å². The summed E-state index contributed by atoms with van der Waals surface area (Å²) in [5.74, 6) is 0.770. The second kappa shape index (κ2) is 5.91. The van der Waals surface area contributed by atoms with E-state index in [2.05, 4.69) is 6.92 Å². The van der Waals surface area contributed by atoms with Crippen LogP contribution in [-0.4, -0.2) is 48.1 Å². The van der Waals surface area contributed by atoms with Gasteiger partial charge in [-0.1, -0.05) is 6.92 Å². The van der Waals surface area contributed by atoms with Gasteiger partial charge in [-0.25, -0.2) is 4.79 Å². The summed E-state index contributed by atoms with van der Waals surface area (Å²) >= 11 is 0. The molecule has 1 aliphatic heterocycles. The molecular formula is C14H27N3O. The second-order valence-corrected chi connectivity index (χ2v) is 6.13. The van der Waals surface area contributed by atoms with Gasteiger partial charge in [0.2, 0.25) is 0 Å². The number of hydrogen-bond acceptors (Lipinski definition) is 2. The third-order valence-electron chi connectivity index (χ3n) is 4.64. The molecule has 0 atom stereocenters. The minimum absolute atomic E-state index is 0.224. The maximum Gasteiger partial charge on any atom is 0.319 e. The van der Waals surface area contributed by atoms with Crippen molar-refractivity contribution < 1.29 is 4.79 Å². The Bertz CT molecular complexity index is 279. The standard InChI is InChI=1S/C14H27N3O/c1-11-7-9-17(10-8-11)14(18)16(2)13-5-3-12(15)4-6-13/h11-13H,3-10,15H2,1-2H3. The highest BCUT2D eigenvalue weighted by molar-refractivity contribution is 5.74. The van der Waals surface area contributed by atoms with Crippen molar-refractivity contribution in [2.45, 2.75) is 57.5 Å². The molecule has 0 bridgehead atoms. The summed E-state index contributed by atoms with van der Waals surface area (Å²) in [6, 6.07) is 0.972. The molecule has 2 aliphatic rings. The van der Waals surface area contributed by atoms with Crippen LogP contribution in [0.4, 0.5) is 4.79 Å². The van der Waals surface area contributed by atoms with E-state index in [1.165, 1.54) is 0 Å². The first kappa shape index (κ1) is 13.7. The van der Waals surface area contributed by atoms with E-state index in [1.54, 1.807) is 0 Å². The number of urea groups is 1. The summed E-state index contributed by atoms with van der Waals surface area (Å²) in [7, 11) is 1.96. The van der Waals surface area contributed by atoms with Crippen LogP contribution in [0.25, 0.3) is 0 Å². The van der Waals surface area contributed by atoms with Crippen molar-refractivity contribution >= 4 is 6.03 Å². The van der Waals surface area contributed by atoms with E-state index in [4.69, 9.17) is 5.73 Å². The number of rotatable bonds is 1. The van der Waals surface area contributed by atoms with Crippen LogP contribution in [0.2, 0.25) is 0 Å². The van der Waals surface area contributed by atoms with Gasteiger partial charge in [-0.15, -0.1) is 0 Å². The largest absolute Gasteiger partial charge is 0.328 e. The molecular weight excluding hydrogens is 226 g/mol. The van der Waals surface area contributed by atoms with Gasteiger partial charge in [-0.2, -0.15) is 0 Å². The first-order chi connectivity index (χ1) is 8.58. The van der Waals surface area contributed by atoms with Crippen LogP contribution in [0, 0.1) is 5.92 Å². The molecule has 1 heterocycles. The van der Waals surface area contributed by atoms with E-state index in [9.17, 15) is 4.79 Å². The minimum atomic E-state index is 0.224. The number of nitrogens with zero attached hydrogens (tertiary/aromatic N) is 2. The molecule has 0 radical (unpaired) electrons. The summed E-state index contributed by atoms with van der Waals surface area (Å²) in [6.07, 6.45) is 6.53. The molecule has 2 rings (SSSR count). The van der Waals surface area contributed by atoms with Gasteiger partial charge in [0, 0.05) is 32.2 Å². The van der Waals surface area contributed by atoms with Crippen molar-refractivity contribution in [3.63, 3.8) is 0 Å². The Morgan fingerprint density at radius 1 is 1.11 bits per heavy atom. The Labute approximate surface area is 110 Å². The van der Waals surface area contributed by atoms with Crippen molar-refractivity contribution in [3.05, 3.63) is 0 Å². The number of hydrogen-bond donors (Lipinski definition) is 1. The van der Waals surface area contributed by atoms with E-state index in [0.29, 0.717) is 12.1 Å². The Morgan fingerprint density at radius 2 is 1.67 bits per heavy atom. The fourth-order valence-corrected chi connectivity index (χ4v) is 3.07. The molecule has 0 aromatic heterocycles. The van der Waals surface area contributed by atoms with Crippen LogP contribution in [0.1, 0.15) is 45.4 Å². The van der Waals surface area contributed by atoms with Crippen LogP contribution >= 0.6 is 0 Å². The maximum atomic E-state index is 12.4. The predicted octanol–water partition coefficient (Wildman–Crippen LogP) is 2.04. The zero-order valence-corrected chi connectivity index (χ0v) is 11.8.